The van der Waals surface area contributed by atoms with Gasteiger partial charge in [-0.1, -0.05) is 107 Å². The van der Waals surface area contributed by atoms with Gasteiger partial charge in [-0.2, -0.15) is 0 Å². The van der Waals surface area contributed by atoms with Gasteiger partial charge in [-0.05, 0) is 125 Å². The Balaban J connectivity index is -0.000000686. The second kappa shape index (κ2) is 26.1. The van der Waals surface area contributed by atoms with Crippen LogP contribution in [0.5, 0.6) is 0 Å². The molecule has 4 rings (SSSR count). The Kier molecular flexibility index (Phi) is 28.6. The standard InChI is InChI=1S/C23H38.C4H10.C4H8.3C2H6.C2H4/c1-4-16(3)18-6-5-7-20-21(18)12-13-22-19-10-8-15(2)14-17(19)9-11-23(20)22;2*1-4(2)3;4*1-2/h15,17-23H,3-14H2,1-2H3;4H,1-3H3;1H2,2-3H3;3*1-2H3;1-2H2. The Hall–Kier alpha value is -0.780. The molecule has 234 valence electrons. The lowest BCUT2D eigenvalue weighted by molar-refractivity contribution is -0.0583. The van der Waals surface area contributed by atoms with Gasteiger partial charge in [0.25, 0.3) is 0 Å². The predicted octanol–water partition coefficient (Wildman–Crippen LogP) is 14.0. The van der Waals surface area contributed by atoms with Gasteiger partial charge in [0.2, 0.25) is 0 Å². The zero-order chi connectivity index (χ0) is 31.1. The molecule has 4 fully saturated rings. The molecule has 0 aromatic heterocycles. The van der Waals surface area contributed by atoms with Crippen LogP contribution in [-0.4, -0.2) is 0 Å². The van der Waals surface area contributed by atoms with Gasteiger partial charge in [0, 0.05) is 0 Å². The molecule has 0 nitrogen and oxygen atoms in total. The Morgan fingerprint density at radius 1 is 0.641 bits per heavy atom. The number of hydrogen-bond acceptors (Lipinski definition) is 0. The first-order valence-electron chi connectivity index (χ1n) is 17.4. The topological polar surface area (TPSA) is 0 Å². The van der Waals surface area contributed by atoms with E-state index in [2.05, 4.69) is 60.9 Å². The molecule has 4 saturated carbocycles. The van der Waals surface area contributed by atoms with Crippen molar-refractivity contribution < 1.29 is 0 Å². The minimum absolute atomic E-state index is 0.833. The molecule has 8 unspecified atom stereocenters. The molecule has 0 aliphatic heterocycles. The first-order chi connectivity index (χ1) is 18.6. The molecular weight excluding hydrogens is 468 g/mol. The normalized spacial score (nSPS) is 31.4. The minimum atomic E-state index is 0.833. The van der Waals surface area contributed by atoms with Gasteiger partial charge < -0.3 is 0 Å². The largest absolute Gasteiger partial charge is 0.106 e. The third-order valence-electron chi connectivity index (χ3n) is 8.76. The highest BCUT2D eigenvalue weighted by Gasteiger charge is 2.50. The molecule has 0 heterocycles. The van der Waals surface area contributed by atoms with Crippen LogP contribution in [0.2, 0.25) is 0 Å². The van der Waals surface area contributed by atoms with Crippen molar-refractivity contribution in [3.63, 3.8) is 0 Å². The first-order valence-corrected chi connectivity index (χ1v) is 17.4. The molecule has 0 bridgehead atoms. The van der Waals surface area contributed by atoms with E-state index in [0.29, 0.717) is 0 Å². The summed E-state index contributed by atoms with van der Waals surface area (Å²) >= 11 is 0. The van der Waals surface area contributed by atoms with E-state index in [1.54, 1.807) is 44.1 Å². The summed E-state index contributed by atoms with van der Waals surface area (Å²) in [5, 5.41) is 0. The van der Waals surface area contributed by atoms with E-state index in [9.17, 15) is 0 Å². The summed E-state index contributed by atoms with van der Waals surface area (Å²) in [7, 11) is 0. The van der Waals surface area contributed by atoms with Crippen molar-refractivity contribution in [2.45, 2.75) is 161 Å². The summed E-state index contributed by atoms with van der Waals surface area (Å²) in [6.45, 7) is 41.3. The molecule has 39 heavy (non-hydrogen) atoms. The van der Waals surface area contributed by atoms with Gasteiger partial charge in [-0.3, -0.25) is 0 Å². The number of hydrogen-bond donors (Lipinski definition) is 0. The zero-order valence-corrected chi connectivity index (χ0v) is 29.8. The third-order valence-corrected chi connectivity index (χ3v) is 8.76. The summed E-state index contributed by atoms with van der Waals surface area (Å²) in [6.07, 6.45) is 16.6. The van der Waals surface area contributed by atoms with Crippen molar-refractivity contribution >= 4 is 0 Å². The smallest absolute Gasteiger partial charge is 0.0175 e. The minimum Gasteiger partial charge on any atom is -0.106 e. The number of fused-ring (bicyclic) bond motifs is 5. The van der Waals surface area contributed by atoms with E-state index in [1.807, 2.05) is 55.4 Å². The average Bonchev–Trinajstić information content (AvgIpc) is 2.95. The van der Waals surface area contributed by atoms with Gasteiger partial charge in [0.15, 0.2) is 0 Å². The molecule has 0 heteroatoms. The second-order valence-corrected chi connectivity index (χ2v) is 12.6. The molecule has 0 amide bonds. The van der Waals surface area contributed by atoms with E-state index in [4.69, 9.17) is 0 Å². The monoisotopic (exact) mass is 547 g/mol. The maximum Gasteiger partial charge on any atom is -0.0175 e. The van der Waals surface area contributed by atoms with E-state index in [1.165, 1.54) is 37.7 Å². The Morgan fingerprint density at radius 2 is 1.03 bits per heavy atom. The SMILES string of the molecule is C=C.C=C(C)C.C=C(CC)C1CCCC2C1CCC1C3CCC(C)CC3CCC12.CC.CC.CC.CC(C)C. The van der Waals surface area contributed by atoms with Crippen molar-refractivity contribution in [2.75, 3.05) is 0 Å². The highest BCUT2D eigenvalue weighted by molar-refractivity contribution is 5.08. The number of rotatable bonds is 2. The van der Waals surface area contributed by atoms with Crippen LogP contribution in [0.3, 0.4) is 0 Å². The molecule has 0 radical (unpaired) electrons. The van der Waals surface area contributed by atoms with Gasteiger partial charge in [-0.25, -0.2) is 0 Å². The summed E-state index contributed by atoms with van der Waals surface area (Å²) < 4.78 is 0. The molecule has 4 aliphatic carbocycles. The molecular formula is C39H78. The van der Waals surface area contributed by atoms with Crippen LogP contribution in [0.1, 0.15) is 161 Å². The molecule has 8 atom stereocenters. The summed E-state index contributed by atoms with van der Waals surface area (Å²) in [6, 6.07) is 0. The second-order valence-electron chi connectivity index (χ2n) is 12.6. The summed E-state index contributed by atoms with van der Waals surface area (Å²) in [5.41, 5.74) is 2.75. The molecule has 0 saturated heterocycles. The Labute approximate surface area is 251 Å². The van der Waals surface area contributed by atoms with Crippen LogP contribution in [-0.2, 0) is 0 Å². The molecule has 0 aromatic rings. The summed E-state index contributed by atoms with van der Waals surface area (Å²) in [5.74, 6) is 9.21. The van der Waals surface area contributed by atoms with E-state index >= 15 is 0 Å². The summed E-state index contributed by atoms with van der Waals surface area (Å²) in [4.78, 5) is 0. The van der Waals surface area contributed by atoms with Gasteiger partial charge >= 0.3 is 0 Å². The molecule has 4 aliphatic rings. The number of allylic oxidation sites excluding steroid dienone is 2. The quantitative estimate of drug-likeness (QED) is 0.302. The lowest BCUT2D eigenvalue weighted by Crippen LogP contribution is -2.48. The maximum atomic E-state index is 4.47. The van der Waals surface area contributed by atoms with Gasteiger partial charge in [0.1, 0.15) is 0 Å². The van der Waals surface area contributed by atoms with E-state index < -0.39 is 0 Å². The lowest BCUT2D eigenvalue weighted by atomic mass is 9.49. The van der Waals surface area contributed by atoms with Crippen molar-refractivity contribution in [3.05, 3.63) is 37.5 Å². The molecule has 0 aromatic carbocycles. The van der Waals surface area contributed by atoms with Crippen molar-refractivity contribution in [3.8, 4) is 0 Å². The van der Waals surface area contributed by atoms with Crippen LogP contribution in [0.25, 0.3) is 0 Å². The van der Waals surface area contributed by atoms with Crippen molar-refractivity contribution in [2.24, 2.45) is 53.3 Å². The highest BCUT2D eigenvalue weighted by atomic mass is 14.5. The predicted molar refractivity (Wildman–Crippen MR) is 185 cm³/mol. The fourth-order valence-electron chi connectivity index (χ4n) is 7.72. The fraction of sp³-hybridized carbons (Fsp3) is 0.846. The molecule has 0 spiro atoms. The Morgan fingerprint density at radius 3 is 1.51 bits per heavy atom. The lowest BCUT2D eigenvalue weighted by Gasteiger charge is -2.56. The van der Waals surface area contributed by atoms with Gasteiger partial charge in [0.05, 0.1) is 0 Å². The highest BCUT2D eigenvalue weighted by Crippen LogP contribution is 2.59. The third kappa shape index (κ3) is 15.7. The van der Waals surface area contributed by atoms with Crippen LogP contribution >= 0.6 is 0 Å². The Bertz CT molecular complexity index is 562. The first kappa shape index (κ1) is 42.7. The van der Waals surface area contributed by atoms with Crippen molar-refractivity contribution in [1.82, 2.24) is 0 Å². The van der Waals surface area contributed by atoms with Crippen molar-refractivity contribution in [1.29, 1.82) is 0 Å². The maximum absolute atomic E-state index is 4.47. The molecule has 0 N–H and O–H groups in total. The van der Waals surface area contributed by atoms with Crippen LogP contribution < -0.4 is 0 Å². The van der Waals surface area contributed by atoms with E-state index in [-0.39, 0.29) is 0 Å². The van der Waals surface area contributed by atoms with Gasteiger partial charge in [-0.15, -0.1) is 19.7 Å². The van der Waals surface area contributed by atoms with Crippen LogP contribution in [0.15, 0.2) is 37.5 Å². The zero-order valence-electron chi connectivity index (χ0n) is 29.8. The van der Waals surface area contributed by atoms with E-state index in [0.717, 1.165) is 53.3 Å². The fourth-order valence-corrected chi connectivity index (χ4v) is 7.72. The average molecular weight is 547 g/mol. The van der Waals surface area contributed by atoms with Crippen LogP contribution in [0.4, 0.5) is 0 Å². The van der Waals surface area contributed by atoms with Crippen LogP contribution in [0, 0.1) is 53.3 Å².